The van der Waals surface area contributed by atoms with Gasteiger partial charge in [-0.3, -0.25) is 4.79 Å². The van der Waals surface area contributed by atoms with Gasteiger partial charge >= 0.3 is 5.97 Å². The van der Waals surface area contributed by atoms with Crippen molar-refractivity contribution in [2.75, 3.05) is 13.1 Å². The van der Waals surface area contributed by atoms with Crippen LogP contribution in [0.5, 0.6) is 0 Å². The monoisotopic (exact) mass is 297 g/mol. The number of carboxylic acid groups (broad SMARTS) is 1. The lowest BCUT2D eigenvalue weighted by atomic mass is 9.78. The lowest BCUT2D eigenvalue weighted by molar-refractivity contribution is -0.144. The topological polar surface area (TPSA) is 69.6 Å². The van der Waals surface area contributed by atoms with Gasteiger partial charge in [0.2, 0.25) is 0 Å². The van der Waals surface area contributed by atoms with E-state index < -0.39 is 11.6 Å². The second kappa shape index (κ2) is 7.59. The average molecular weight is 297 g/mol. The highest BCUT2D eigenvalue weighted by Crippen LogP contribution is 2.32. The van der Waals surface area contributed by atoms with Crippen molar-refractivity contribution < 1.29 is 15.0 Å². The van der Waals surface area contributed by atoms with E-state index in [1.54, 1.807) is 0 Å². The first-order valence-electron chi connectivity index (χ1n) is 8.64. The second-order valence-electron chi connectivity index (χ2n) is 7.43. The first kappa shape index (κ1) is 16.8. The van der Waals surface area contributed by atoms with Crippen LogP contribution in [0.4, 0.5) is 0 Å². The van der Waals surface area contributed by atoms with E-state index in [0.717, 1.165) is 18.4 Å². The van der Waals surface area contributed by atoms with Crippen LogP contribution in [0.1, 0.15) is 64.7 Å². The van der Waals surface area contributed by atoms with E-state index in [1.165, 1.54) is 32.1 Å². The van der Waals surface area contributed by atoms with E-state index in [2.05, 4.69) is 12.2 Å². The minimum absolute atomic E-state index is 0.255. The van der Waals surface area contributed by atoms with Crippen molar-refractivity contribution >= 4 is 5.97 Å². The Labute approximate surface area is 128 Å². The van der Waals surface area contributed by atoms with Crippen LogP contribution in [-0.4, -0.2) is 34.9 Å². The number of aliphatic hydroxyl groups is 1. The number of carboxylic acids is 1. The molecule has 3 N–H and O–H groups in total. The molecule has 2 aliphatic carbocycles. The average Bonchev–Trinajstić information content (AvgIpc) is 2.46. The van der Waals surface area contributed by atoms with E-state index >= 15 is 0 Å². The SMILES string of the molecule is CC1CCC(CCNCC2(O)CCC(C(=O)O)CC2)CC1. The molecule has 122 valence electrons. The van der Waals surface area contributed by atoms with Crippen LogP contribution in [0.3, 0.4) is 0 Å². The summed E-state index contributed by atoms with van der Waals surface area (Å²) in [5, 5.41) is 22.9. The summed E-state index contributed by atoms with van der Waals surface area (Å²) in [4.78, 5) is 10.9. The molecule has 0 aromatic rings. The molecule has 0 heterocycles. The quantitative estimate of drug-likeness (QED) is 0.659. The number of hydrogen-bond donors (Lipinski definition) is 3. The van der Waals surface area contributed by atoms with Crippen LogP contribution in [0, 0.1) is 17.8 Å². The van der Waals surface area contributed by atoms with Gasteiger partial charge in [-0.1, -0.05) is 32.6 Å². The van der Waals surface area contributed by atoms with Crippen LogP contribution in [0.25, 0.3) is 0 Å². The molecule has 0 aliphatic heterocycles. The summed E-state index contributed by atoms with van der Waals surface area (Å²) in [6.45, 7) is 3.93. The van der Waals surface area contributed by atoms with Crippen molar-refractivity contribution in [3.05, 3.63) is 0 Å². The van der Waals surface area contributed by atoms with Gasteiger partial charge in [-0.25, -0.2) is 0 Å². The fraction of sp³-hybridized carbons (Fsp3) is 0.941. The third kappa shape index (κ3) is 5.26. The summed E-state index contributed by atoms with van der Waals surface area (Å²) in [7, 11) is 0. The molecular formula is C17H31NO3. The molecule has 2 fully saturated rings. The summed E-state index contributed by atoms with van der Waals surface area (Å²) in [5.41, 5.74) is -0.687. The molecule has 0 atom stereocenters. The minimum Gasteiger partial charge on any atom is -0.481 e. The summed E-state index contributed by atoms with van der Waals surface area (Å²) in [6, 6.07) is 0. The molecule has 0 aromatic heterocycles. The Kier molecular flexibility index (Phi) is 6.06. The molecule has 0 bridgehead atoms. The van der Waals surface area contributed by atoms with Gasteiger partial charge in [0, 0.05) is 6.54 Å². The maximum atomic E-state index is 10.9. The van der Waals surface area contributed by atoms with Crippen LogP contribution in [0.2, 0.25) is 0 Å². The predicted molar refractivity (Wildman–Crippen MR) is 83.2 cm³/mol. The fourth-order valence-electron chi connectivity index (χ4n) is 3.82. The first-order valence-corrected chi connectivity index (χ1v) is 8.64. The Bertz CT molecular complexity index is 329. The Morgan fingerprint density at radius 3 is 2.33 bits per heavy atom. The second-order valence-corrected chi connectivity index (χ2v) is 7.43. The largest absolute Gasteiger partial charge is 0.481 e. The molecule has 4 nitrogen and oxygen atoms in total. The zero-order valence-electron chi connectivity index (χ0n) is 13.3. The summed E-state index contributed by atoms with van der Waals surface area (Å²) in [6.07, 6.45) is 9.08. The Morgan fingerprint density at radius 1 is 1.14 bits per heavy atom. The van der Waals surface area contributed by atoms with Gasteiger partial charge in [-0.2, -0.15) is 0 Å². The van der Waals surface area contributed by atoms with E-state index in [0.29, 0.717) is 32.2 Å². The van der Waals surface area contributed by atoms with Crippen molar-refractivity contribution in [2.24, 2.45) is 17.8 Å². The zero-order valence-corrected chi connectivity index (χ0v) is 13.3. The molecule has 2 saturated carbocycles. The number of rotatable bonds is 6. The summed E-state index contributed by atoms with van der Waals surface area (Å²) >= 11 is 0. The van der Waals surface area contributed by atoms with Crippen LogP contribution in [-0.2, 0) is 4.79 Å². The Morgan fingerprint density at radius 2 is 1.76 bits per heavy atom. The molecule has 0 aromatic carbocycles. The normalized spacial score (nSPS) is 37.3. The van der Waals surface area contributed by atoms with Gasteiger partial charge in [0.1, 0.15) is 0 Å². The predicted octanol–water partition coefficient (Wildman–Crippen LogP) is 2.80. The third-order valence-electron chi connectivity index (χ3n) is 5.58. The van der Waals surface area contributed by atoms with Crippen molar-refractivity contribution in [1.29, 1.82) is 0 Å². The van der Waals surface area contributed by atoms with Gasteiger partial charge in [-0.05, 0) is 50.5 Å². The van der Waals surface area contributed by atoms with Crippen molar-refractivity contribution in [1.82, 2.24) is 5.32 Å². The van der Waals surface area contributed by atoms with Crippen LogP contribution < -0.4 is 5.32 Å². The highest BCUT2D eigenvalue weighted by atomic mass is 16.4. The Balaban J connectivity index is 1.59. The van der Waals surface area contributed by atoms with E-state index in [1.807, 2.05) is 0 Å². The van der Waals surface area contributed by atoms with Crippen molar-refractivity contribution in [2.45, 2.75) is 70.3 Å². The number of hydrogen-bond acceptors (Lipinski definition) is 3. The molecule has 0 radical (unpaired) electrons. The van der Waals surface area contributed by atoms with Crippen LogP contribution >= 0.6 is 0 Å². The molecule has 2 rings (SSSR count). The third-order valence-corrected chi connectivity index (χ3v) is 5.58. The molecule has 0 spiro atoms. The number of nitrogens with one attached hydrogen (secondary N) is 1. The van der Waals surface area contributed by atoms with Gasteiger partial charge in [0.05, 0.1) is 11.5 Å². The maximum Gasteiger partial charge on any atom is 0.306 e. The van der Waals surface area contributed by atoms with Crippen molar-refractivity contribution in [3.63, 3.8) is 0 Å². The lowest BCUT2D eigenvalue weighted by Gasteiger charge is -2.35. The van der Waals surface area contributed by atoms with Crippen LogP contribution in [0.15, 0.2) is 0 Å². The Hall–Kier alpha value is -0.610. The summed E-state index contributed by atoms with van der Waals surface area (Å²) < 4.78 is 0. The van der Waals surface area contributed by atoms with Gasteiger partial charge in [-0.15, -0.1) is 0 Å². The van der Waals surface area contributed by atoms with Gasteiger partial charge in [0.15, 0.2) is 0 Å². The molecular weight excluding hydrogens is 266 g/mol. The molecule has 0 saturated heterocycles. The molecule has 0 unspecified atom stereocenters. The highest BCUT2D eigenvalue weighted by molar-refractivity contribution is 5.70. The molecule has 4 heteroatoms. The molecule has 0 amide bonds. The first-order chi connectivity index (χ1) is 9.98. The van der Waals surface area contributed by atoms with E-state index in [9.17, 15) is 9.90 Å². The van der Waals surface area contributed by atoms with E-state index in [4.69, 9.17) is 5.11 Å². The number of carbonyl (C=O) groups is 1. The van der Waals surface area contributed by atoms with E-state index in [-0.39, 0.29) is 5.92 Å². The molecule has 21 heavy (non-hydrogen) atoms. The maximum absolute atomic E-state index is 10.9. The number of aliphatic carboxylic acids is 1. The van der Waals surface area contributed by atoms with Gasteiger partial charge < -0.3 is 15.5 Å². The van der Waals surface area contributed by atoms with Crippen molar-refractivity contribution in [3.8, 4) is 0 Å². The van der Waals surface area contributed by atoms with Gasteiger partial charge in [0.25, 0.3) is 0 Å². The summed E-state index contributed by atoms with van der Waals surface area (Å²) in [5.74, 6) is 0.788. The zero-order chi connectivity index (χ0) is 15.3. The standard InChI is InChI=1S/C17H31NO3/c1-13-2-4-14(5-3-13)8-11-18-12-17(21)9-6-15(7-10-17)16(19)20/h13-15,18,21H,2-12H2,1H3,(H,19,20). The molecule has 2 aliphatic rings. The fourth-order valence-corrected chi connectivity index (χ4v) is 3.82. The smallest absolute Gasteiger partial charge is 0.306 e. The lowest BCUT2D eigenvalue weighted by Crippen LogP contribution is -2.44. The minimum atomic E-state index is -0.712. The highest BCUT2D eigenvalue weighted by Gasteiger charge is 2.35.